The average molecular weight is 225 g/mol. The highest BCUT2D eigenvalue weighted by Gasteiger charge is 2.26. The Labute approximate surface area is 100 Å². The van der Waals surface area contributed by atoms with Gasteiger partial charge in [-0.25, -0.2) is 0 Å². The lowest BCUT2D eigenvalue weighted by Crippen LogP contribution is -2.41. The monoisotopic (exact) mass is 225 g/mol. The lowest BCUT2D eigenvalue weighted by molar-refractivity contribution is 0.0390. The highest BCUT2D eigenvalue weighted by molar-refractivity contribution is 4.80. The van der Waals surface area contributed by atoms with E-state index in [0.29, 0.717) is 5.92 Å². The summed E-state index contributed by atoms with van der Waals surface area (Å²) in [6.45, 7) is 1.12. The van der Waals surface area contributed by atoms with E-state index < -0.39 is 0 Å². The van der Waals surface area contributed by atoms with E-state index in [1.807, 2.05) is 0 Å². The maximum Gasteiger partial charge on any atom is 0.0580 e. The zero-order valence-corrected chi connectivity index (χ0v) is 10.7. The van der Waals surface area contributed by atoms with Gasteiger partial charge in [-0.15, -0.1) is 0 Å². The molecule has 0 spiro atoms. The van der Waals surface area contributed by atoms with Gasteiger partial charge < -0.3 is 10.0 Å². The van der Waals surface area contributed by atoms with E-state index >= 15 is 0 Å². The molecule has 16 heavy (non-hydrogen) atoms. The first-order chi connectivity index (χ1) is 7.77. The van der Waals surface area contributed by atoms with Crippen molar-refractivity contribution in [3.05, 3.63) is 0 Å². The molecule has 94 valence electrons. The third-order valence-corrected chi connectivity index (χ3v) is 4.59. The van der Waals surface area contributed by atoms with Crippen molar-refractivity contribution in [2.75, 3.05) is 13.6 Å². The van der Waals surface area contributed by atoms with Crippen LogP contribution in [-0.2, 0) is 0 Å². The standard InChI is InChI=1S/C14H27NO/c1-15(13-8-3-2-4-9-13)11-12-7-5-6-10-14(12)16/h12-14,16H,2-11H2,1H3. The molecule has 0 aromatic carbocycles. The number of rotatable bonds is 3. The van der Waals surface area contributed by atoms with Crippen molar-refractivity contribution in [2.45, 2.75) is 69.9 Å². The van der Waals surface area contributed by atoms with Crippen molar-refractivity contribution in [3.8, 4) is 0 Å². The smallest absolute Gasteiger partial charge is 0.0580 e. The van der Waals surface area contributed by atoms with Crippen LogP contribution >= 0.6 is 0 Å². The molecule has 2 saturated carbocycles. The minimum absolute atomic E-state index is 0.0280. The summed E-state index contributed by atoms with van der Waals surface area (Å²) >= 11 is 0. The van der Waals surface area contributed by atoms with Gasteiger partial charge >= 0.3 is 0 Å². The molecule has 0 aromatic rings. The Hall–Kier alpha value is -0.0800. The second-order valence-electron chi connectivity index (χ2n) is 5.84. The molecule has 2 atom stereocenters. The van der Waals surface area contributed by atoms with Gasteiger partial charge in [0.05, 0.1) is 6.10 Å². The van der Waals surface area contributed by atoms with Crippen molar-refractivity contribution < 1.29 is 5.11 Å². The quantitative estimate of drug-likeness (QED) is 0.798. The summed E-state index contributed by atoms with van der Waals surface area (Å²) in [5.41, 5.74) is 0. The first kappa shape index (κ1) is 12.4. The zero-order valence-electron chi connectivity index (χ0n) is 10.7. The number of hydrogen-bond acceptors (Lipinski definition) is 2. The second-order valence-corrected chi connectivity index (χ2v) is 5.84. The van der Waals surface area contributed by atoms with E-state index in [1.165, 1.54) is 51.4 Å². The van der Waals surface area contributed by atoms with Crippen LogP contribution in [-0.4, -0.2) is 35.7 Å². The lowest BCUT2D eigenvalue weighted by Gasteiger charge is -2.36. The molecule has 0 aromatic heterocycles. The summed E-state index contributed by atoms with van der Waals surface area (Å²) in [6.07, 6.45) is 11.8. The molecule has 2 rings (SSSR count). The topological polar surface area (TPSA) is 23.5 Å². The molecular formula is C14H27NO. The summed E-state index contributed by atoms with van der Waals surface area (Å²) in [7, 11) is 2.26. The highest BCUT2D eigenvalue weighted by Crippen LogP contribution is 2.27. The molecule has 2 aliphatic rings. The molecule has 2 aliphatic carbocycles. The van der Waals surface area contributed by atoms with E-state index in [1.54, 1.807) is 0 Å². The molecule has 0 aliphatic heterocycles. The van der Waals surface area contributed by atoms with E-state index in [4.69, 9.17) is 0 Å². The number of aliphatic hydroxyl groups excluding tert-OH is 1. The fraction of sp³-hybridized carbons (Fsp3) is 1.00. The Balaban J connectivity index is 1.78. The van der Waals surface area contributed by atoms with Gasteiger partial charge in [-0.2, -0.15) is 0 Å². The fourth-order valence-electron chi connectivity index (χ4n) is 3.44. The van der Waals surface area contributed by atoms with Crippen LogP contribution in [0.25, 0.3) is 0 Å². The lowest BCUT2D eigenvalue weighted by atomic mass is 9.85. The van der Waals surface area contributed by atoms with Gasteiger partial charge in [-0.05, 0) is 38.6 Å². The van der Waals surface area contributed by atoms with E-state index in [-0.39, 0.29) is 6.10 Å². The van der Waals surface area contributed by atoms with Crippen molar-refractivity contribution in [1.29, 1.82) is 0 Å². The first-order valence-corrected chi connectivity index (χ1v) is 7.15. The molecule has 2 unspecified atom stereocenters. The molecule has 0 radical (unpaired) electrons. The van der Waals surface area contributed by atoms with Crippen LogP contribution in [0.2, 0.25) is 0 Å². The maximum atomic E-state index is 9.99. The number of hydrogen-bond donors (Lipinski definition) is 1. The van der Waals surface area contributed by atoms with Gasteiger partial charge in [0.15, 0.2) is 0 Å². The molecule has 1 N–H and O–H groups in total. The first-order valence-electron chi connectivity index (χ1n) is 7.15. The molecule has 2 nitrogen and oxygen atoms in total. The van der Waals surface area contributed by atoms with Crippen molar-refractivity contribution in [2.24, 2.45) is 5.92 Å². The van der Waals surface area contributed by atoms with Gasteiger partial charge in [0.2, 0.25) is 0 Å². The Bertz CT molecular complexity index is 201. The summed E-state index contributed by atoms with van der Waals surface area (Å²) < 4.78 is 0. The summed E-state index contributed by atoms with van der Waals surface area (Å²) in [5, 5.41) is 9.99. The Morgan fingerprint density at radius 3 is 2.25 bits per heavy atom. The van der Waals surface area contributed by atoms with E-state index in [2.05, 4.69) is 11.9 Å². The van der Waals surface area contributed by atoms with Gasteiger partial charge in [0, 0.05) is 12.6 Å². The van der Waals surface area contributed by atoms with Crippen LogP contribution in [0.3, 0.4) is 0 Å². The number of aliphatic hydroxyl groups is 1. The Morgan fingerprint density at radius 2 is 1.56 bits per heavy atom. The van der Waals surface area contributed by atoms with Crippen LogP contribution in [0.15, 0.2) is 0 Å². The molecule has 0 saturated heterocycles. The normalized spacial score (nSPS) is 33.2. The third kappa shape index (κ3) is 3.21. The molecular weight excluding hydrogens is 198 g/mol. The Morgan fingerprint density at radius 1 is 0.938 bits per heavy atom. The largest absolute Gasteiger partial charge is 0.393 e. The maximum absolute atomic E-state index is 9.99. The SMILES string of the molecule is CN(CC1CCCCC1O)C1CCCCC1. The van der Waals surface area contributed by atoms with Crippen molar-refractivity contribution in [1.82, 2.24) is 4.90 Å². The molecule has 0 amide bonds. The molecule has 0 heterocycles. The predicted molar refractivity (Wildman–Crippen MR) is 67.5 cm³/mol. The second kappa shape index (κ2) is 6.02. The summed E-state index contributed by atoms with van der Waals surface area (Å²) in [4.78, 5) is 2.53. The minimum Gasteiger partial charge on any atom is -0.393 e. The molecule has 2 heteroatoms. The predicted octanol–water partition coefficient (Wildman–Crippen LogP) is 2.80. The molecule has 2 fully saturated rings. The van der Waals surface area contributed by atoms with Gasteiger partial charge in [-0.3, -0.25) is 0 Å². The average Bonchev–Trinajstić information content (AvgIpc) is 2.33. The Kier molecular flexibility index (Phi) is 4.66. The molecule has 0 bridgehead atoms. The van der Waals surface area contributed by atoms with Gasteiger partial charge in [0.1, 0.15) is 0 Å². The highest BCUT2D eigenvalue weighted by atomic mass is 16.3. The third-order valence-electron chi connectivity index (χ3n) is 4.59. The fourth-order valence-corrected chi connectivity index (χ4v) is 3.44. The van der Waals surface area contributed by atoms with Crippen LogP contribution < -0.4 is 0 Å². The van der Waals surface area contributed by atoms with Crippen molar-refractivity contribution >= 4 is 0 Å². The van der Waals surface area contributed by atoms with E-state index in [9.17, 15) is 5.11 Å². The van der Waals surface area contributed by atoms with Crippen LogP contribution in [0, 0.1) is 5.92 Å². The van der Waals surface area contributed by atoms with Gasteiger partial charge in [-0.1, -0.05) is 32.1 Å². The van der Waals surface area contributed by atoms with Crippen LogP contribution in [0.4, 0.5) is 0 Å². The van der Waals surface area contributed by atoms with Crippen molar-refractivity contribution in [3.63, 3.8) is 0 Å². The summed E-state index contributed by atoms with van der Waals surface area (Å²) in [5.74, 6) is 0.542. The van der Waals surface area contributed by atoms with E-state index in [0.717, 1.165) is 19.0 Å². The number of nitrogens with zero attached hydrogens (tertiary/aromatic N) is 1. The van der Waals surface area contributed by atoms with Gasteiger partial charge in [0.25, 0.3) is 0 Å². The summed E-state index contributed by atoms with van der Waals surface area (Å²) in [6, 6.07) is 0.794. The van der Waals surface area contributed by atoms with Crippen LogP contribution in [0.5, 0.6) is 0 Å². The minimum atomic E-state index is -0.0280. The van der Waals surface area contributed by atoms with Crippen LogP contribution in [0.1, 0.15) is 57.8 Å². The zero-order chi connectivity index (χ0) is 11.4.